The zero-order valence-corrected chi connectivity index (χ0v) is 31.2. The van der Waals surface area contributed by atoms with Crippen LogP contribution in [-0.4, -0.2) is 9.97 Å². The number of hydrogen-bond acceptors (Lipinski definition) is 3. The van der Waals surface area contributed by atoms with Crippen molar-refractivity contribution >= 4 is 21.9 Å². The van der Waals surface area contributed by atoms with Crippen LogP contribution in [0.2, 0.25) is 0 Å². The van der Waals surface area contributed by atoms with Gasteiger partial charge in [-0.1, -0.05) is 135 Å². The number of nitrogens with zero attached hydrogens (tertiary/aromatic N) is 2. The number of benzene rings is 5. The van der Waals surface area contributed by atoms with Gasteiger partial charge in [0.15, 0.2) is 0 Å². The zero-order chi connectivity index (χ0) is 44.8. The predicted molar refractivity (Wildman–Crippen MR) is 213 cm³/mol. The Morgan fingerprint density at radius 3 is 2.10 bits per heavy atom. The van der Waals surface area contributed by atoms with Crippen LogP contribution in [0, 0.1) is 38.1 Å². The molecule has 0 spiro atoms. The van der Waals surface area contributed by atoms with Crippen molar-refractivity contribution in [2.24, 2.45) is 5.41 Å². The normalized spacial score (nSPS) is 15.3. The summed E-state index contributed by atoms with van der Waals surface area (Å²) in [5.74, 6) is 0. The molecule has 0 unspecified atom stereocenters. The first-order valence-electron chi connectivity index (χ1n) is 22.1. The second-order valence-electron chi connectivity index (χ2n) is 13.2. The molecule has 3 heterocycles. The van der Waals surface area contributed by atoms with Crippen LogP contribution in [0.4, 0.5) is 0 Å². The largest absolute Gasteiger partial charge is 0.500 e. The fourth-order valence-electron chi connectivity index (χ4n) is 5.89. The number of fused-ring (bicyclic) bond motifs is 3. The van der Waals surface area contributed by atoms with Gasteiger partial charge < -0.3 is 14.4 Å². The van der Waals surface area contributed by atoms with E-state index in [0.29, 0.717) is 28.1 Å². The van der Waals surface area contributed by atoms with Gasteiger partial charge >= 0.3 is 0 Å². The number of rotatable bonds is 5. The molecule has 4 heteroatoms. The van der Waals surface area contributed by atoms with Gasteiger partial charge in [-0.2, -0.15) is 0 Å². The monoisotopic (exact) mass is 866 g/mol. The van der Waals surface area contributed by atoms with Crippen molar-refractivity contribution in [3.05, 3.63) is 168 Å². The van der Waals surface area contributed by atoms with Crippen LogP contribution in [0.3, 0.4) is 0 Å². The van der Waals surface area contributed by atoms with E-state index in [-0.39, 0.29) is 42.4 Å². The van der Waals surface area contributed by atoms with E-state index in [4.69, 9.17) is 19.5 Å². The van der Waals surface area contributed by atoms with Crippen LogP contribution < -0.4 is 0 Å². The second kappa shape index (κ2) is 15.6. The van der Waals surface area contributed by atoms with E-state index >= 15 is 0 Å². The van der Waals surface area contributed by atoms with Crippen molar-refractivity contribution in [3.63, 3.8) is 0 Å². The van der Waals surface area contributed by atoms with Gasteiger partial charge in [-0.3, -0.25) is 0 Å². The van der Waals surface area contributed by atoms with Gasteiger partial charge in [-0.05, 0) is 64.7 Å². The standard InChI is InChI=1S/C35H30NO.C13H12N.Ir/c1-23-22-36-32(20-27(23)21-35(2,3)4)31-15-9-14-30-29-13-8-12-28(33(29)37-34(30)31)26-18-16-25(17-19-26)24-10-6-5-7-11-24;1-10-3-6-12(7-4-10)13-8-5-11(2)9-14-13;/h5-14,16-20,22H,21H2,1-4H3;3-6,8-9H,1-2H3;/q2*-1;/i1D3,21D2;1D3,2D3;. The maximum atomic E-state index is 8.90. The van der Waals surface area contributed by atoms with Crippen LogP contribution in [-0.2, 0) is 26.5 Å². The third-order valence-electron chi connectivity index (χ3n) is 8.28. The molecule has 0 N–H and O–H groups in total. The Labute approximate surface area is 336 Å². The smallest absolute Gasteiger partial charge is 0.128 e. The molecule has 3 nitrogen and oxygen atoms in total. The molecule has 0 aliphatic rings. The average molecular weight is 866 g/mol. The molecule has 52 heavy (non-hydrogen) atoms. The van der Waals surface area contributed by atoms with E-state index in [1.54, 1.807) is 45.0 Å². The van der Waals surface area contributed by atoms with Gasteiger partial charge in [0.25, 0.3) is 0 Å². The molecular weight excluding hydrogens is 813 g/mol. The Bertz CT molecular complexity index is 2790. The maximum Gasteiger partial charge on any atom is 0.128 e. The van der Waals surface area contributed by atoms with Gasteiger partial charge in [0, 0.05) is 58.5 Å². The number of aryl methyl sites for hydroxylation is 3. The van der Waals surface area contributed by atoms with Crippen LogP contribution >= 0.6 is 0 Å². The van der Waals surface area contributed by atoms with Crippen LogP contribution in [0.5, 0.6) is 0 Å². The van der Waals surface area contributed by atoms with Crippen LogP contribution in [0.25, 0.3) is 66.7 Å². The summed E-state index contributed by atoms with van der Waals surface area (Å²) in [6.07, 6.45) is 0.638. The Morgan fingerprint density at radius 1 is 0.673 bits per heavy atom. The van der Waals surface area contributed by atoms with E-state index in [9.17, 15) is 0 Å². The van der Waals surface area contributed by atoms with E-state index in [1.807, 2.05) is 42.5 Å². The summed E-state index contributed by atoms with van der Waals surface area (Å²) in [5, 5.41) is 1.82. The molecule has 0 aliphatic heterocycles. The minimum Gasteiger partial charge on any atom is -0.500 e. The van der Waals surface area contributed by atoms with Gasteiger partial charge in [0.05, 0.1) is 5.58 Å². The summed E-state index contributed by atoms with van der Waals surface area (Å²) >= 11 is 0. The summed E-state index contributed by atoms with van der Waals surface area (Å²) in [4.78, 5) is 8.57. The summed E-state index contributed by atoms with van der Waals surface area (Å²) in [6, 6.07) is 43.6. The maximum absolute atomic E-state index is 8.90. The summed E-state index contributed by atoms with van der Waals surface area (Å²) in [5.41, 5.74) is 7.20. The fourth-order valence-corrected chi connectivity index (χ4v) is 5.89. The van der Waals surface area contributed by atoms with E-state index in [2.05, 4.69) is 58.5 Å². The molecule has 8 rings (SSSR count). The van der Waals surface area contributed by atoms with Crippen LogP contribution in [0.1, 0.15) is 58.1 Å². The minimum absolute atomic E-state index is 0. The predicted octanol–water partition coefficient (Wildman–Crippen LogP) is 12.8. The topological polar surface area (TPSA) is 38.9 Å². The number of furan rings is 1. The Kier molecular flexibility index (Phi) is 7.49. The number of hydrogen-bond donors (Lipinski definition) is 0. The van der Waals surface area contributed by atoms with Crippen molar-refractivity contribution in [1.82, 2.24) is 9.97 Å². The van der Waals surface area contributed by atoms with Gasteiger partial charge in [-0.25, -0.2) is 0 Å². The number of pyridine rings is 2. The molecule has 261 valence electrons. The van der Waals surface area contributed by atoms with Crippen molar-refractivity contribution < 1.29 is 39.6 Å². The van der Waals surface area contributed by atoms with Crippen molar-refractivity contribution in [3.8, 4) is 44.8 Å². The number of para-hydroxylation sites is 1. The molecule has 5 aromatic carbocycles. The first-order chi connectivity index (χ1) is 29.0. The summed E-state index contributed by atoms with van der Waals surface area (Å²) in [6.45, 7) is -1.57. The average Bonchev–Trinajstić information content (AvgIpc) is 3.62. The Morgan fingerprint density at radius 2 is 1.40 bits per heavy atom. The molecule has 0 saturated carbocycles. The van der Waals surface area contributed by atoms with Crippen molar-refractivity contribution in [2.75, 3.05) is 0 Å². The first-order valence-corrected chi connectivity index (χ1v) is 16.6. The first kappa shape index (κ1) is 24.9. The molecule has 0 fully saturated rings. The fraction of sp³-hybridized carbons (Fsp3) is 0.167. The molecule has 1 radical (unpaired) electrons. The summed E-state index contributed by atoms with van der Waals surface area (Å²) in [7, 11) is 0. The number of aromatic nitrogens is 2. The van der Waals surface area contributed by atoms with E-state index in [1.165, 1.54) is 30.6 Å². The molecule has 0 amide bonds. The second-order valence-corrected chi connectivity index (χ2v) is 13.2. The van der Waals surface area contributed by atoms with Gasteiger partial charge in [-0.15, -0.1) is 53.6 Å². The van der Waals surface area contributed by atoms with Crippen molar-refractivity contribution in [2.45, 2.75) is 47.7 Å². The van der Waals surface area contributed by atoms with Gasteiger partial charge in [0.2, 0.25) is 0 Å². The Hall–Kier alpha value is -5.15. The quantitative estimate of drug-likeness (QED) is 0.162. The SMILES string of the molecule is [2H]C([2H])([2H])c1c[c-]c(-c2ccc(C([2H])([2H])[2H])cn2)cc1.[2H]C([2H])([2H])c1cnc(-c2[c-]ccc3c2oc2c(-c4ccc(-c5ccccc5)cc4)cccc23)cc1C([2H])([2H])C(C)(C)C.[Ir]. The molecular formula is C48H42IrN2O-2. The molecule has 0 aliphatic carbocycles. The molecule has 3 aromatic heterocycles. The Balaban J connectivity index is 0.000000265. The van der Waals surface area contributed by atoms with Crippen molar-refractivity contribution in [1.29, 1.82) is 0 Å². The zero-order valence-electron chi connectivity index (χ0n) is 39.8. The van der Waals surface area contributed by atoms with E-state index in [0.717, 1.165) is 38.6 Å². The third kappa shape index (κ3) is 8.15. The molecule has 0 bridgehead atoms. The third-order valence-corrected chi connectivity index (χ3v) is 8.28. The van der Waals surface area contributed by atoms with Crippen LogP contribution in [0.15, 0.2) is 138 Å². The molecule has 8 aromatic rings. The summed E-state index contributed by atoms with van der Waals surface area (Å²) < 4.78 is 92.1. The molecule has 0 atom stereocenters. The van der Waals surface area contributed by atoms with E-state index < -0.39 is 32.3 Å². The molecule has 0 saturated heterocycles. The van der Waals surface area contributed by atoms with Gasteiger partial charge in [0.1, 0.15) is 5.58 Å². The minimum atomic E-state index is -2.51.